The lowest BCUT2D eigenvalue weighted by Gasteiger charge is -2.15. The van der Waals surface area contributed by atoms with Crippen molar-refractivity contribution in [3.05, 3.63) is 54.1 Å². The third-order valence-electron chi connectivity index (χ3n) is 3.43. The molecule has 1 aromatic carbocycles. The van der Waals surface area contributed by atoms with E-state index in [-0.39, 0.29) is 6.04 Å². The van der Waals surface area contributed by atoms with E-state index in [1.165, 1.54) is 0 Å². The van der Waals surface area contributed by atoms with Gasteiger partial charge < -0.3 is 0 Å². The largest absolute Gasteiger partial charge is 0.272 e. The molecule has 3 N–H and O–H groups in total. The highest BCUT2D eigenvalue weighted by Gasteiger charge is 2.15. The van der Waals surface area contributed by atoms with Crippen LogP contribution in [0.15, 0.2) is 43.0 Å². The SMILES string of the molecule is CCCn1cc(C(NN)c2ccc3nccnc3c2)cn1. The van der Waals surface area contributed by atoms with Gasteiger partial charge in [0.15, 0.2) is 0 Å². The molecule has 6 nitrogen and oxygen atoms in total. The number of benzene rings is 1. The molecule has 108 valence electrons. The minimum Gasteiger partial charge on any atom is -0.272 e. The summed E-state index contributed by atoms with van der Waals surface area (Å²) in [4.78, 5) is 8.61. The van der Waals surface area contributed by atoms with Gasteiger partial charge in [-0.25, -0.2) is 5.43 Å². The quantitative estimate of drug-likeness (QED) is 0.551. The Balaban J connectivity index is 1.96. The Labute approximate surface area is 123 Å². The molecule has 0 fully saturated rings. The Kier molecular flexibility index (Phi) is 3.89. The summed E-state index contributed by atoms with van der Waals surface area (Å²) in [6.45, 7) is 3.03. The maximum atomic E-state index is 5.74. The molecule has 1 atom stereocenters. The Morgan fingerprint density at radius 2 is 2.00 bits per heavy atom. The zero-order valence-corrected chi connectivity index (χ0v) is 11.9. The van der Waals surface area contributed by atoms with Gasteiger partial charge in [-0.3, -0.25) is 20.5 Å². The summed E-state index contributed by atoms with van der Waals surface area (Å²) < 4.78 is 1.93. The lowest BCUT2D eigenvalue weighted by Crippen LogP contribution is -2.28. The molecular weight excluding hydrogens is 264 g/mol. The van der Waals surface area contributed by atoms with Gasteiger partial charge in [0, 0.05) is 30.7 Å². The first-order chi connectivity index (χ1) is 10.3. The van der Waals surface area contributed by atoms with Crippen molar-refractivity contribution in [2.75, 3.05) is 0 Å². The van der Waals surface area contributed by atoms with E-state index in [4.69, 9.17) is 5.84 Å². The number of aryl methyl sites for hydroxylation is 1. The first-order valence-corrected chi connectivity index (χ1v) is 7.01. The normalized spacial score (nSPS) is 12.7. The molecule has 21 heavy (non-hydrogen) atoms. The van der Waals surface area contributed by atoms with Crippen molar-refractivity contribution in [3.8, 4) is 0 Å². The van der Waals surface area contributed by atoms with Gasteiger partial charge in [-0.1, -0.05) is 13.0 Å². The fraction of sp³-hybridized carbons (Fsp3) is 0.267. The van der Waals surface area contributed by atoms with Crippen molar-refractivity contribution >= 4 is 11.0 Å². The van der Waals surface area contributed by atoms with Crippen molar-refractivity contribution in [2.24, 2.45) is 5.84 Å². The van der Waals surface area contributed by atoms with Crippen LogP contribution in [-0.2, 0) is 6.54 Å². The third-order valence-corrected chi connectivity index (χ3v) is 3.43. The van der Waals surface area contributed by atoms with Crippen molar-refractivity contribution in [2.45, 2.75) is 25.9 Å². The Morgan fingerprint density at radius 3 is 2.76 bits per heavy atom. The minimum atomic E-state index is -0.109. The molecule has 0 saturated heterocycles. The second-order valence-electron chi connectivity index (χ2n) is 4.94. The first-order valence-electron chi connectivity index (χ1n) is 7.01. The number of nitrogens with one attached hydrogen (secondary N) is 1. The standard InChI is InChI=1S/C15H18N6/c1-2-7-21-10-12(9-19-21)15(20-16)11-3-4-13-14(8-11)18-6-5-17-13/h3-6,8-10,15,20H,2,7,16H2,1H3. The smallest absolute Gasteiger partial charge is 0.0890 e. The molecule has 0 bridgehead atoms. The van der Waals surface area contributed by atoms with Crippen LogP contribution in [-0.4, -0.2) is 19.7 Å². The fourth-order valence-electron chi connectivity index (χ4n) is 2.42. The van der Waals surface area contributed by atoms with E-state index in [1.807, 2.05) is 35.3 Å². The summed E-state index contributed by atoms with van der Waals surface area (Å²) in [7, 11) is 0. The predicted octanol–water partition coefficient (Wildman–Crippen LogP) is 1.79. The summed E-state index contributed by atoms with van der Waals surface area (Å²) in [5.41, 5.74) is 6.66. The second-order valence-corrected chi connectivity index (χ2v) is 4.94. The van der Waals surface area contributed by atoms with E-state index in [9.17, 15) is 0 Å². The minimum absolute atomic E-state index is 0.109. The number of aromatic nitrogens is 4. The lowest BCUT2D eigenvalue weighted by molar-refractivity contribution is 0.598. The summed E-state index contributed by atoms with van der Waals surface area (Å²) in [5, 5.41) is 4.36. The number of fused-ring (bicyclic) bond motifs is 1. The number of hydrogen-bond donors (Lipinski definition) is 2. The van der Waals surface area contributed by atoms with Gasteiger partial charge in [-0.2, -0.15) is 5.10 Å². The highest BCUT2D eigenvalue weighted by molar-refractivity contribution is 5.74. The van der Waals surface area contributed by atoms with Gasteiger partial charge in [-0.05, 0) is 24.1 Å². The molecule has 3 rings (SSSR count). The van der Waals surface area contributed by atoms with E-state index in [0.717, 1.165) is 35.1 Å². The van der Waals surface area contributed by atoms with Crippen LogP contribution in [0.1, 0.15) is 30.5 Å². The van der Waals surface area contributed by atoms with Gasteiger partial charge >= 0.3 is 0 Å². The van der Waals surface area contributed by atoms with Gasteiger partial charge in [0.25, 0.3) is 0 Å². The first kappa shape index (κ1) is 13.7. The van der Waals surface area contributed by atoms with Gasteiger partial charge in [-0.15, -0.1) is 0 Å². The number of hydrazine groups is 1. The third kappa shape index (κ3) is 2.76. The number of hydrogen-bond acceptors (Lipinski definition) is 5. The monoisotopic (exact) mass is 282 g/mol. The predicted molar refractivity (Wildman–Crippen MR) is 81.2 cm³/mol. The Bertz CT molecular complexity index is 736. The molecule has 0 spiro atoms. The number of nitrogens with zero attached hydrogens (tertiary/aromatic N) is 4. The van der Waals surface area contributed by atoms with Crippen LogP contribution in [0.25, 0.3) is 11.0 Å². The number of rotatable bonds is 5. The average Bonchev–Trinajstić information content (AvgIpc) is 2.97. The summed E-state index contributed by atoms with van der Waals surface area (Å²) in [6.07, 6.45) is 8.30. The summed E-state index contributed by atoms with van der Waals surface area (Å²) in [6, 6.07) is 5.86. The van der Waals surface area contributed by atoms with Crippen LogP contribution in [0.2, 0.25) is 0 Å². The van der Waals surface area contributed by atoms with Crippen LogP contribution in [0.3, 0.4) is 0 Å². The summed E-state index contributed by atoms with van der Waals surface area (Å²) in [5.74, 6) is 5.74. The molecular formula is C15H18N6. The van der Waals surface area contributed by atoms with Crippen molar-refractivity contribution in [1.29, 1.82) is 0 Å². The molecule has 0 radical (unpaired) electrons. The van der Waals surface area contributed by atoms with Crippen LogP contribution in [0, 0.1) is 0 Å². The van der Waals surface area contributed by atoms with Gasteiger partial charge in [0.1, 0.15) is 0 Å². The lowest BCUT2D eigenvalue weighted by atomic mass is 10.0. The topological polar surface area (TPSA) is 81.7 Å². The van der Waals surface area contributed by atoms with E-state index in [0.29, 0.717) is 0 Å². The highest BCUT2D eigenvalue weighted by Crippen LogP contribution is 2.23. The maximum absolute atomic E-state index is 5.74. The maximum Gasteiger partial charge on any atom is 0.0890 e. The second kappa shape index (κ2) is 5.99. The van der Waals surface area contributed by atoms with E-state index >= 15 is 0 Å². The van der Waals surface area contributed by atoms with Crippen LogP contribution >= 0.6 is 0 Å². The molecule has 2 heterocycles. The summed E-state index contributed by atoms with van der Waals surface area (Å²) >= 11 is 0. The zero-order chi connectivity index (χ0) is 14.7. The van der Waals surface area contributed by atoms with Gasteiger partial charge in [0.2, 0.25) is 0 Å². The van der Waals surface area contributed by atoms with E-state index in [1.54, 1.807) is 12.4 Å². The zero-order valence-electron chi connectivity index (χ0n) is 11.9. The van der Waals surface area contributed by atoms with Crippen LogP contribution < -0.4 is 11.3 Å². The molecule has 0 aliphatic carbocycles. The van der Waals surface area contributed by atoms with Crippen molar-refractivity contribution < 1.29 is 0 Å². The van der Waals surface area contributed by atoms with Crippen molar-refractivity contribution in [3.63, 3.8) is 0 Å². The van der Waals surface area contributed by atoms with Gasteiger partial charge in [0.05, 0.1) is 23.3 Å². The molecule has 0 aliphatic heterocycles. The molecule has 6 heteroatoms. The molecule has 1 unspecified atom stereocenters. The highest BCUT2D eigenvalue weighted by atomic mass is 15.3. The molecule has 3 aromatic rings. The Morgan fingerprint density at radius 1 is 1.19 bits per heavy atom. The Hall–Kier alpha value is -2.31. The molecule has 0 saturated carbocycles. The van der Waals surface area contributed by atoms with Crippen LogP contribution in [0.4, 0.5) is 0 Å². The van der Waals surface area contributed by atoms with E-state index < -0.39 is 0 Å². The molecule has 0 amide bonds. The average molecular weight is 282 g/mol. The van der Waals surface area contributed by atoms with Crippen molar-refractivity contribution in [1.82, 2.24) is 25.2 Å². The van der Waals surface area contributed by atoms with Crippen LogP contribution in [0.5, 0.6) is 0 Å². The fourth-order valence-corrected chi connectivity index (χ4v) is 2.42. The van der Waals surface area contributed by atoms with E-state index in [2.05, 4.69) is 27.4 Å². The molecule has 0 aliphatic rings. The number of nitrogens with two attached hydrogens (primary N) is 1. The molecule has 2 aromatic heterocycles.